The zero-order valence-electron chi connectivity index (χ0n) is 11.4. The molecule has 5 nitrogen and oxygen atoms in total. The topological polar surface area (TPSA) is 59.3 Å². The molecule has 1 N–H and O–H groups in total. The van der Waals surface area contributed by atoms with Gasteiger partial charge in [-0.2, -0.15) is 5.10 Å². The number of fused-ring (bicyclic) bond motifs is 1. The summed E-state index contributed by atoms with van der Waals surface area (Å²) in [6, 6.07) is 8.15. The van der Waals surface area contributed by atoms with E-state index in [9.17, 15) is 9.18 Å². The van der Waals surface area contributed by atoms with Gasteiger partial charge in [0, 0.05) is 18.0 Å². The number of nitrogens with one attached hydrogen (secondary N) is 1. The van der Waals surface area contributed by atoms with Gasteiger partial charge in [0.25, 0.3) is 0 Å². The molecule has 0 saturated heterocycles. The Morgan fingerprint density at radius 2 is 2.14 bits per heavy atom. The van der Waals surface area contributed by atoms with E-state index in [1.54, 1.807) is 35.1 Å². The fourth-order valence-electron chi connectivity index (χ4n) is 2.23. The molecule has 3 aromatic rings. The maximum atomic E-state index is 13.7. The Hall–Kier alpha value is -2.76. The highest BCUT2D eigenvalue weighted by Gasteiger charge is 2.13. The van der Waals surface area contributed by atoms with Gasteiger partial charge in [-0.1, -0.05) is 6.07 Å². The molecule has 6 heteroatoms. The number of halogens is 1. The molecule has 106 valence electrons. The van der Waals surface area contributed by atoms with Crippen molar-refractivity contribution in [3.8, 4) is 0 Å². The fourth-order valence-corrected chi connectivity index (χ4v) is 2.23. The Kier molecular flexibility index (Phi) is 3.35. The third-order valence-electron chi connectivity index (χ3n) is 3.19. The van der Waals surface area contributed by atoms with Crippen molar-refractivity contribution in [3.63, 3.8) is 0 Å². The van der Waals surface area contributed by atoms with Crippen LogP contribution in [-0.2, 0) is 6.54 Å². The predicted octanol–water partition coefficient (Wildman–Crippen LogP) is 2.68. The Morgan fingerprint density at radius 1 is 1.29 bits per heavy atom. The lowest BCUT2D eigenvalue weighted by Gasteiger charge is -2.11. The van der Waals surface area contributed by atoms with Gasteiger partial charge in [0.05, 0.1) is 24.0 Å². The molecule has 0 radical (unpaired) electrons. The van der Waals surface area contributed by atoms with Gasteiger partial charge in [0.2, 0.25) is 0 Å². The molecule has 1 aromatic carbocycles. The number of anilines is 1. The third kappa shape index (κ3) is 2.47. The molecule has 0 aliphatic rings. The largest absolute Gasteiger partial charge is 0.379 e. The van der Waals surface area contributed by atoms with Gasteiger partial charge in [-0.25, -0.2) is 13.9 Å². The molecule has 0 bridgehead atoms. The summed E-state index contributed by atoms with van der Waals surface area (Å²) in [6.07, 6.45) is 3.35. The number of rotatable bonds is 4. The molecule has 2 aromatic heterocycles. The number of carbonyl (C=O) groups excluding carboxylic acids is 1. The van der Waals surface area contributed by atoms with Crippen LogP contribution >= 0.6 is 0 Å². The molecule has 2 heterocycles. The molecule has 0 fully saturated rings. The molecule has 21 heavy (non-hydrogen) atoms. The first-order valence-electron chi connectivity index (χ1n) is 6.48. The van der Waals surface area contributed by atoms with Crippen LogP contribution < -0.4 is 5.32 Å². The summed E-state index contributed by atoms with van der Waals surface area (Å²) < 4.78 is 15.4. The monoisotopic (exact) mass is 284 g/mol. The second kappa shape index (κ2) is 5.32. The van der Waals surface area contributed by atoms with Crippen LogP contribution in [0.3, 0.4) is 0 Å². The first-order valence-corrected chi connectivity index (χ1v) is 6.48. The first-order chi connectivity index (χ1) is 10.2. The lowest BCUT2D eigenvalue weighted by atomic mass is 10.1. The summed E-state index contributed by atoms with van der Waals surface area (Å²) in [6.45, 7) is 1.76. The molecule has 0 spiro atoms. The van der Waals surface area contributed by atoms with Crippen molar-refractivity contribution in [1.29, 1.82) is 0 Å². The predicted molar refractivity (Wildman–Crippen MR) is 76.7 cm³/mol. The summed E-state index contributed by atoms with van der Waals surface area (Å²) in [7, 11) is 0. The maximum Gasteiger partial charge on any atom is 0.164 e. The summed E-state index contributed by atoms with van der Waals surface area (Å²) in [5.41, 5.74) is 2.15. The molecule has 0 unspecified atom stereocenters. The molecule has 0 aliphatic heterocycles. The van der Waals surface area contributed by atoms with Crippen LogP contribution in [0.1, 0.15) is 23.0 Å². The average molecular weight is 284 g/mol. The van der Waals surface area contributed by atoms with E-state index in [1.807, 2.05) is 6.07 Å². The van der Waals surface area contributed by atoms with Crippen molar-refractivity contribution >= 4 is 17.1 Å². The molecular weight excluding hydrogens is 271 g/mol. The van der Waals surface area contributed by atoms with Gasteiger partial charge in [0.1, 0.15) is 5.82 Å². The fraction of sp³-hybridized carbons (Fsp3) is 0.133. The number of hydrogen-bond acceptors (Lipinski definition) is 4. The molecule has 0 saturated carbocycles. The van der Waals surface area contributed by atoms with Gasteiger partial charge in [0.15, 0.2) is 11.4 Å². The normalized spacial score (nSPS) is 10.8. The van der Waals surface area contributed by atoms with Crippen LogP contribution in [0.5, 0.6) is 0 Å². The quantitative estimate of drug-likeness (QED) is 0.748. The lowest BCUT2D eigenvalue weighted by Crippen LogP contribution is -2.10. The standard InChI is InChI=1S/C15H13FN4O/c1-10(21)15-12(16)3-2-4-13(15)18-9-11-5-7-17-14-6-8-19-20(11)14/h2-8,18H,9H2,1H3. The van der Waals surface area contributed by atoms with E-state index < -0.39 is 5.82 Å². The van der Waals surface area contributed by atoms with Gasteiger partial charge in [-0.05, 0) is 25.1 Å². The van der Waals surface area contributed by atoms with Crippen LogP contribution in [0.2, 0.25) is 0 Å². The highest BCUT2D eigenvalue weighted by molar-refractivity contribution is 5.99. The number of benzene rings is 1. The first kappa shape index (κ1) is 13.2. The van der Waals surface area contributed by atoms with E-state index in [1.165, 1.54) is 13.0 Å². The number of aromatic nitrogens is 3. The van der Waals surface area contributed by atoms with Crippen molar-refractivity contribution in [2.24, 2.45) is 0 Å². The summed E-state index contributed by atoms with van der Waals surface area (Å²) in [5, 5.41) is 7.26. The van der Waals surface area contributed by atoms with Crippen LogP contribution in [-0.4, -0.2) is 20.4 Å². The molecule has 0 aliphatic carbocycles. The van der Waals surface area contributed by atoms with E-state index in [0.717, 1.165) is 11.3 Å². The number of hydrogen-bond donors (Lipinski definition) is 1. The summed E-state index contributed by atoms with van der Waals surface area (Å²) >= 11 is 0. The third-order valence-corrected chi connectivity index (χ3v) is 3.19. The second-order valence-electron chi connectivity index (χ2n) is 4.61. The van der Waals surface area contributed by atoms with Crippen molar-refractivity contribution in [2.45, 2.75) is 13.5 Å². The second-order valence-corrected chi connectivity index (χ2v) is 4.61. The van der Waals surface area contributed by atoms with Gasteiger partial charge in [-0.3, -0.25) is 4.79 Å². The van der Waals surface area contributed by atoms with Crippen LogP contribution in [0.15, 0.2) is 42.7 Å². The van der Waals surface area contributed by atoms with Crippen LogP contribution in [0, 0.1) is 5.82 Å². The van der Waals surface area contributed by atoms with Crippen molar-refractivity contribution in [1.82, 2.24) is 14.6 Å². The highest BCUT2D eigenvalue weighted by Crippen LogP contribution is 2.20. The molecule has 3 rings (SSSR count). The van der Waals surface area contributed by atoms with Crippen LogP contribution in [0.4, 0.5) is 10.1 Å². The number of ketones is 1. The van der Waals surface area contributed by atoms with Gasteiger partial charge < -0.3 is 5.32 Å². The van der Waals surface area contributed by atoms with Crippen LogP contribution in [0.25, 0.3) is 5.65 Å². The van der Waals surface area contributed by atoms with Crippen molar-refractivity contribution in [2.75, 3.05) is 5.32 Å². The van der Waals surface area contributed by atoms with Gasteiger partial charge >= 0.3 is 0 Å². The lowest BCUT2D eigenvalue weighted by molar-refractivity contribution is 0.101. The van der Waals surface area contributed by atoms with E-state index in [4.69, 9.17) is 0 Å². The Morgan fingerprint density at radius 3 is 2.95 bits per heavy atom. The Labute approximate surface area is 120 Å². The van der Waals surface area contributed by atoms with E-state index >= 15 is 0 Å². The minimum Gasteiger partial charge on any atom is -0.379 e. The average Bonchev–Trinajstić information content (AvgIpc) is 2.93. The molecule has 0 amide bonds. The van der Waals surface area contributed by atoms with Gasteiger partial charge in [-0.15, -0.1) is 0 Å². The number of Topliss-reactive ketones (excluding diaryl/α,β-unsaturated/α-hetero) is 1. The van der Waals surface area contributed by atoms with E-state index in [0.29, 0.717) is 12.2 Å². The van der Waals surface area contributed by atoms with Crippen molar-refractivity contribution < 1.29 is 9.18 Å². The van der Waals surface area contributed by atoms with E-state index in [-0.39, 0.29) is 11.3 Å². The minimum atomic E-state index is -0.522. The maximum absolute atomic E-state index is 13.7. The molecule has 0 atom stereocenters. The van der Waals surface area contributed by atoms with E-state index in [2.05, 4.69) is 15.4 Å². The Bertz CT molecular complexity index is 812. The SMILES string of the molecule is CC(=O)c1c(F)cccc1NCc1ccnc2ccnn12. The molecular formula is C15H13FN4O. The zero-order valence-corrected chi connectivity index (χ0v) is 11.4. The summed E-state index contributed by atoms with van der Waals surface area (Å²) in [4.78, 5) is 15.7. The zero-order chi connectivity index (χ0) is 14.8. The summed E-state index contributed by atoms with van der Waals surface area (Å²) in [5.74, 6) is -0.832. The minimum absolute atomic E-state index is 0.0725. The highest BCUT2D eigenvalue weighted by atomic mass is 19.1. The number of nitrogens with zero attached hydrogens (tertiary/aromatic N) is 3. The number of carbonyl (C=O) groups is 1. The van der Waals surface area contributed by atoms with Crippen molar-refractivity contribution in [3.05, 3.63) is 59.8 Å². The smallest absolute Gasteiger partial charge is 0.164 e. The Balaban J connectivity index is 1.90.